The molecule has 2 aliphatic heterocycles. The summed E-state index contributed by atoms with van der Waals surface area (Å²) in [6.07, 6.45) is 1.31. The highest BCUT2D eigenvalue weighted by Gasteiger charge is 2.41. The van der Waals surface area contributed by atoms with Gasteiger partial charge in [-0.25, -0.2) is 8.78 Å². The van der Waals surface area contributed by atoms with Crippen molar-refractivity contribution in [2.75, 3.05) is 13.6 Å². The van der Waals surface area contributed by atoms with E-state index in [1.54, 1.807) is 7.05 Å². The van der Waals surface area contributed by atoms with Crippen LogP contribution in [-0.2, 0) is 4.74 Å². The smallest absolute Gasteiger partial charge is 0.255 e. The van der Waals surface area contributed by atoms with Crippen LogP contribution in [0.25, 0.3) is 0 Å². The van der Waals surface area contributed by atoms with Crippen molar-refractivity contribution >= 4 is 29.9 Å². The largest absolute Gasteiger partial charge is 0.373 e. The summed E-state index contributed by atoms with van der Waals surface area (Å²) in [5, 5.41) is 5.72. The third-order valence-corrected chi connectivity index (χ3v) is 3.08. The van der Waals surface area contributed by atoms with Gasteiger partial charge in [-0.15, -0.1) is 24.0 Å². The predicted molar refractivity (Wildman–Crippen MR) is 72.2 cm³/mol. The zero-order valence-corrected chi connectivity index (χ0v) is 12.0. The molecular weight excluding hydrogens is 343 g/mol. The molecule has 0 aromatic rings. The van der Waals surface area contributed by atoms with Gasteiger partial charge in [0.2, 0.25) is 0 Å². The van der Waals surface area contributed by atoms with Crippen LogP contribution in [0.2, 0.25) is 0 Å². The summed E-state index contributed by atoms with van der Waals surface area (Å²) >= 11 is 0. The number of rotatable bonds is 3. The number of ether oxygens (including phenoxy) is 1. The van der Waals surface area contributed by atoms with E-state index in [1.807, 2.05) is 0 Å². The predicted octanol–water partition coefficient (Wildman–Crippen LogP) is 1.35. The zero-order valence-electron chi connectivity index (χ0n) is 9.66. The number of nitrogens with one attached hydrogen (secondary N) is 2. The van der Waals surface area contributed by atoms with Crippen LogP contribution in [0.15, 0.2) is 4.99 Å². The van der Waals surface area contributed by atoms with Crippen LogP contribution in [-0.4, -0.2) is 44.2 Å². The molecule has 3 atom stereocenters. The van der Waals surface area contributed by atoms with Crippen LogP contribution in [0, 0.1) is 0 Å². The first-order valence-corrected chi connectivity index (χ1v) is 5.60. The lowest BCUT2D eigenvalue weighted by molar-refractivity contribution is 0.0991. The molecule has 2 heterocycles. The Morgan fingerprint density at radius 3 is 2.71 bits per heavy atom. The quantitative estimate of drug-likeness (QED) is 0.453. The Labute approximate surface area is 117 Å². The van der Waals surface area contributed by atoms with Crippen molar-refractivity contribution in [3.63, 3.8) is 0 Å². The molecule has 0 radical (unpaired) electrons. The van der Waals surface area contributed by atoms with E-state index in [0.29, 0.717) is 12.1 Å². The third kappa shape index (κ3) is 3.90. The molecule has 2 N–H and O–H groups in total. The van der Waals surface area contributed by atoms with Gasteiger partial charge in [0.1, 0.15) is 0 Å². The lowest BCUT2D eigenvalue weighted by Crippen LogP contribution is -2.48. The standard InChI is InChI=1S/C10H17F2N3O.HI/c1-13-10(14-5-9(11)12)15-7-4-6-2-3-8(7)16-6;/h6-9H,2-5H2,1H3,(H2,13,14,15);1H. The first-order valence-electron chi connectivity index (χ1n) is 5.60. The minimum absolute atomic E-state index is 0. The van der Waals surface area contributed by atoms with E-state index in [9.17, 15) is 8.78 Å². The molecule has 0 aliphatic carbocycles. The van der Waals surface area contributed by atoms with Crippen molar-refractivity contribution in [2.45, 2.75) is 43.9 Å². The average Bonchev–Trinajstić information content (AvgIpc) is 2.85. The summed E-state index contributed by atoms with van der Waals surface area (Å²) in [6, 6.07) is 0.211. The highest BCUT2D eigenvalue weighted by molar-refractivity contribution is 14.0. The minimum Gasteiger partial charge on any atom is -0.373 e. The SMILES string of the molecule is CN=C(NCC(F)F)NC1CC2CCC1O2.I. The molecule has 100 valence electrons. The summed E-state index contributed by atoms with van der Waals surface area (Å²) in [5.74, 6) is 0.432. The Morgan fingerprint density at radius 1 is 1.47 bits per heavy atom. The lowest BCUT2D eigenvalue weighted by atomic mass is 9.96. The molecule has 0 aromatic carbocycles. The van der Waals surface area contributed by atoms with Gasteiger partial charge >= 0.3 is 0 Å². The molecule has 0 amide bonds. The van der Waals surface area contributed by atoms with Crippen LogP contribution in [0.1, 0.15) is 19.3 Å². The van der Waals surface area contributed by atoms with Crippen molar-refractivity contribution < 1.29 is 13.5 Å². The van der Waals surface area contributed by atoms with Crippen LogP contribution < -0.4 is 10.6 Å². The van der Waals surface area contributed by atoms with E-state index in [4.69, 9.17) is 4.74 Å². The molecule has 3 unspecified atom stereocenters. The number of hydrogen-bond acceptors (Lipinski definition) is 2. The van der Waals surface area contributed by atoms with Gasteiger partial charge < -0.3 is 15.4 Å². The maximum Gasteiger partial charge on any atom is 0.255 e. The molecule has 2 rings (SSSR count). The van der Waals surface area contributed by atoms with E-state index >= 15 is 0 Å². The van der Waals surface area contributed by atoms with E-state index in [2.05, 4.69) is 15.6 Å². The first-order chi connectivity index (χ1) is 7.69. The Balaban J connectivity index is 0.00000144. The molecule has 0 saturated carbocycles. The Morgan fingerprint density at radius 2 is 2.24 bits per heavy atom. The Hall–Kier alpha value is -0.180. The van der Waals surface area contributed by atoms with Crippen molar-refractivity contribution in [1.29, 1.82) is 0 Å². The van der Waals surface area contributed by atoms with Gasteiger partial charge in [0.25, 0.3) is 6.43 Å². The summed E-state index contributed by atoms with van der Waals surface area (Å²) < 4.78 is 29.7. The summed E-state index contributed by atoms with van der Waals surface area (Å²) in [5.41, 5.74) is 0. The van der Waals surface area contributed by atoms with Gasteiger partial charge in [0.05, 0.1) is 24.8 Å². The summed E-state index contributed by atoms with van der Waals surface area (Å²) in [7, 11) is 1.58. The van der Waals surface area contributed by atoms with E-state index in [0.717, 1.165) is 19.3 Å². The number of aliphatic imine (C=N–C) groups is 1. The normalized spacial score (nSPS) is 31.5. The molecule has 4 nitrogen and oxygen atoms in total. The lowest BCUT2D eigenvalue weighted by Gasteiger charge is -2.22. The second kappa shape index (κ2) is 6.67. The van der Waals surface area contributed by atoms with Gasteiger partial charge in [0, 0.05) is 7.05 Å². The Bertz CT molecular complexity index is 278. The fourth-order valence-corrected chi connectivity index (χ4v) is 2.33. The summed E-state index contributed by atoms with van der Waals surface area (Å²) in [6.45, 7) is -0.374. The molecule has 2 bridgehead atoms. The van der Waals surface area contributed by atoms with Gasteiger partial charge in [-0.1, -0.05) is 0 Å². The molecular formula is C10H18F2IN3O. The Kier molecular flexibility index (Phi) is 5.84. The first kappa shape index (κ1) is 14.9. The average molecular weight is 361 g/mol. The fraction of sp³-hybridized carbons (Fsp3) is 0.900. The van der Waals surface area contributed by atoms with E-state index in [1.165, 1.54) is 0 Å². The highest BCUT2D eigenvalue weighted by Crippen LogP contribution is 2.34. The van der Waals surface area contributed by atoms with Gasteiger partial charge in [-0.2, -0.15) is 0 Å². The maximum absolute atomic E-state index is 12.0. The monoisotopic (exact) mass is 361 g/mol. The molecule has 2 aliphatic rings. The zero-order chi connectivity index (χ0) is 11.5. The topological polar surface area (TPSA) is 45.7 Å². The number of hydrogen-bond donors (Lipinski definition) is 2. The van der Waals surface area contributed by atoms with Gasteiger partial charge in [-0.05, 0) is 19.3 Å². The highest BCUT2D eigenvalue weighted by atomic mass is 127. The number of guanidine groups is 1. The third-order valence-electron chi connectivity index (χ3n) is 3.08. The van der Waals surface area contributed by atoms with Crippen molar-refractivity contribution in [3.05, 3.63) is 0 Å². The van der Waals surface area contributed by atoms with Crippen LogP contribution in [0.5, 0.6) is 0 Å². The minimum atomic E-state index is -2.37. The molecule has 0 aromatic heterocycles. The molecule has 2 saturated heterocycles. The molecule has 17 heavy (non-hydrogen) atoms. The van der Waals surface area contributed by atoms with Gasteiger partial charge in [-0.3, -0.25) is 4.99 Å². The maximum atomic E-state index is 12.0. The fourth-order valence-electron chi connectivity index (χ4n) is 2.33. The van der Waals surface area contributed by atoms with Crippen molar-refractivity contribution in [3.8, 4) is 0 Å². The second-order valence-corrected chi connectivity index (χ2v) is 4.20. The van der Waals surface area contributed by atoms with Crippen molar-refractivity contribution in [1.82, 2.24) is 10.6 Å². The van der Waals surface area contributed by atoms with E-state index < -0.39 is 6.43 Å². The second-order valence-electron chi connectivity index (χ2n) is 4.20. The van der Waals surface area contributed by atoms with Crippen LogP contribution in [0.3, 0.4) is 0 Å². The number of halogens is 3. The van der Waals surface area contributed by atoms with E-state index in [-0.39, 0.29) is 42.7 Å². The molecule has 2 fully saturated rings. The molecule has 7 heteroatoms. The van der Waals surface area contributed by atoms with Crippen LogP contribution in [0.4, 0.5) is 8.78 Å². The number of nitrogens with zero attached hydrogens (tertiary/aromatic N) is 1. The molecule has 0 spiro atoms. The van der Waals surface area contributed by atoms with Gasteiger partial charge in [0.15, 0.2) is 5.96 Å². The number of fused-ring (bicyclic) bond motifs is 2. The summed E-state index contributed by atoms with van der Waals surface area (Å²) in [4.78, 5) is 3.91. The number of alkyl halides is 2. The van der Waals surface area contributed by atoms with Crippen LogP contribution >= 0.6 is 24.0 Å². The van der Waals surface area contributed by atoms with Crippen molar-refractivity contribution in [2.24, 2.45) is 4.99 Å².